The highest BCUT2D eigenvalue weighted by molar-refractivity contribution is 5.95. The summed E-state index contributed by atoms with van der Waals surface area (Å²) in [6, 6.07) is 4.34. The molecular formula is C14H19N3O. The summed E-state index contributed by atoms with van der Waals surface area (Å²) in [5.41, 5.74) is 1.58. The summed E-state index contributed by atoms with van der Waals surface area (Å²) in [4.78, 5) is 18.7. The number of hydrogen-bond donors (Lipinski definition) is 1. The molecule has 2 fully saturated rings. The molecule has 3 rings (SSSR count). The quantitative estimate of drug-likeness (QED) is 0.809. The van der Waals surface area contributed by atoms with E-state index in [1.165, 1.54) is 6.42 Å². The molecule has 4 nitrogen and oxygen atoms in total. The second-order valence-corrected chi connectivity index (χ2v) is 5.29. The number of pyridine rings is 1. The van der Waals surface area contributed by atoms with Crippen molar-refractivity contribution in [1.82, 2.24) is 15.2 Å². The second kappa shape index (κ2) is 4.69. The minimum Gasteiger partial charge on any atom is -0.338 e. The molecular weight excluding hydrogens is 226 g/mol. The summed E-state index contributed by atoms with van der Waals surface area (Å²) in [7, 11) is 0. The molecule has 1 amide bonds. The molecule has 0 spiro atoms. The highest BCUT2D eigenvalue weighted by Gasteiger charge is 2.34. The van der Waals surface area contributed by atoms with Gasteiger partial charge in [-0.2, -0.15) is 0 Å². The van der Waals surface area contributed by atoms with Gasteiger partial charge in [0.05, 0.1) is 5.56 Å². The van der Waals surface area contributed by atoms with E-state index in [0.717, 1.165) is 37.3 Å². The summed E-state index contributed by atoms with van der Waals surface area (Å²) >= 11 is 0. The number of carbonyl (C=O) groups is 1. The number of likely N-dealkylation sites (tertiary alicyclic amines) is 1. The molecule has 0 bridgehead atoms. The van der Waals surface area contributed by atoms with E-state index in [0.29, 0.717) is 12.0 Å². The number of aromatic nitrogens is 1. The summed E-state index contributed by atoms with van der Waals surface area (Å²) in [6.07, 6.45) is 4.01. The van der Waals surface area contributed by atoms with E-state index in [1.54, 1.807) is 6.20 Å². The average molecular weight is 245 g/mol. The Labute approximate surface area is 107 Å². The maximum atomic E-state index is 12.5. The van der Waals surface area contributed by atoms with Gasteiger partial charge in [0.25, 0.3) is 5.91 Å². The number of rotatable bonds is 1. The van der Waals surface area contributed by atoms with E-state index in [4.69, 9.17) is 0 Å². The van der Waals surface area contributed by atoms with Crippen molar-refractivity contribution < 1.29 is 4.79 Å². The lowest BCUT2D eigenvalue weighted by Gasteiger charge is -2.35. The van der Waals surface area contributed by atoms with Crippen LogP contribution < -0.4 is 5.32 Å². The van der Waals surface area contributed by atoms with Crippen LogP contribution in [-0.4, -0.2) is 41.5 Å². The van der Waals surface area contributed by atoms with Crippen LogP contribution in [0.5, 0.6) is 0 Å². The molecule has 2 aliphatic rings. The van der Waals surface area contributed by atoms with Gasteiger partial charge in [0, 0.05) is 31.0 Å². The van der Waals surface area contributed by atoms with E-state index in [1.807, 2.05) is 24.0 Å². The highest BCUT2D eigenvalue weighted by atomic mass is 16.2. The molecule has 2 unspecified atom stereocenters. The largest absolute Gasteiger partial charge is 0.338 e. The minimum atomic E-state index is 0.144. The lowest BCUT2D eigenvalue weighted by atomic mass is 9.93. The van der Waals surface area contributed by atoms with E-state index in [9.17, 15) is 4.79 Å². The zero-order valence-corrected chi connectivity index (χ0v) is 10.7. The summed E-state index contributed by atoms with van der Waals surface area (Å²) in [6.45, 7) is 4.76. The molecule has 2 atom stereocenters. The topological polar surface area (TPSA) is 45.2 Å². The van der Waals surface area contributed by atoms with Crippen LogP contribution in [0.3, 0.4) is 0 Å². The molecule has 2 saturated heterocycles. The van der Waals surface area contributed by atoms with Crippen LogP contribution in [0.1, 0.15) is 28.9 Å². The molecule has 18 heavy (non-hydrogen) atoms. The Hall–Kier alpha value is -1.42. The molecule has 0 saturated carbocycles. The Kier molecular flexibility index (Phi) is 3.04. The van der Waals surface area contributed by atoms with Crippen molar-refractivity contribution in [1.29, 1.82) is 0 Å². The lowest BCUT2D eigenvalue weighted by Crippen LogP contribution is -2.47. The number of nitrogens with zero attached hydrogens (tertiary/aromatic N) is 2. The molecule has 1 N–H and O–H groups in total. The van der Waals surface area contributed by atoms with Gasteiger partial charge in [-0.15, -0.1) is 0 Å². The predicted molar refractivity (Wildman–Crippen MR) is 69.4 cm³/mol. The van der Waals surface area contributed by atoms with Gasteiger partial charge in [-0.3, -0.25) is 9.78 Å². The number of hydrogen-bond acceptors (Lipinski definition) is 3. The van der Waals surface area contributed by atoms with Gasteiger partial charge in [0.1, 0.15) is 0 Å². The van der Waals surface area contributed by atoms with Crippen molar-refractivity contribution in [2.45, 2.75) is 25.8 Å². The van der Waals surface area contributed by atoms with Crippen LogP contribution in [0, 0.1) is 12.8 Å². The zero-order valence-electron chi connectivity index (χ0n) is 10.7. The molecule has 0 aromatic carbocycles. The zero-order chi connectivity index (χ0) is 12.5. The predicted octanol–water partition coefficient (Wildman–Crippen LogP) is 1.21. The maximum Gasteiger partial charge on any atom is 0.255 e. The smallest absolute Gasteiger partial charge is 0.255 e. The minimum absolute atomic E-state index is 0.144. The van der Waals surface area contributed by atoms with Crippen molar-refractivity contribution in [2.75, 3.05) is 19.6 Å². The number of piperidine rings is 1. The average Bonchev–Trinajstić information content (AvgIpc) is 2.85. The first-order valence-electron chi connectivity index (χ1n) is 6.70. The van der Waals surface area contributed by atoms with Crippen LogP contribution in [0.25, 0.3) is 0 Å². The molecule has 96 valence electrons. The summed E-state index contributed by atoms with van der Waals surface area (Å²) < 4.78 is 0. The Morgan fingerprint density at radius 1 is 1.50 bits per heavy atom. The molecule has 0 aliphatic carbocycles. The van der Waals surface area contributed by atoms with E-state index in [2.05, 4.69) is 10.3 Å². The fraction of sp³-hybridized carbons (Fsp3) is 0.571. The molecule has 3 heterocycles. The first-order valence-corrected chi connectivity index (χ1v) is 6.70. The maximum absolute atomic E-state index is 12.5. The third-order valence-electron chi connectivity index (χ3n) is 4.18. The van der Waals surface area contributed by atoms with Crippen molar-refractivity contribution in [2.24, 2.45) is 5.92 Å². The highest BCUT2D eigenvalue weighted by Crippen LogP contribution is 2.25. The van der Waals surface area contributed by atoms with E-state index >= 15 is 0 Å². The lowest BCUT2D eigenvalue weighted by molar-refractivity contribution is 0.0661. The van der Waals surface area contributed by atoms with Crippen LogP contribution in [-0.2, 0) is 0 Å². The van der Waals surface area contributed by atoms with Crippen LogP contribution in [0.2, 0.25) is 0 Å². The first-order chi connectivity index (χ1) is 8.75. The number of nitrogens with one attached hydrogen (secondary N) is 1. The third kappa shape index (κ3) is 2.01. The van der Waals surface area contributed by atoms with Crippen molar-refractivity contribution in [3.63, 3.8) is 0 Å². The molecule has 4 heteroatoms. The van der Waals surface area contributed by atoms with Gasteiger partial charge in [0.2, 0.25) is 0 Å². The second-order valence-electron chi connectivity index (χ2n) is 5.29. The molecule has 1 aromatic rings. The summed E-state index contributed by atoms with van der Waals surface area (Å²) in [5.74, 6) is 0.783. The van der Waals surface area contributed by atoms with Gasteiger partial charge in [0.15, 0.2) is 0 Å². The van der Waals surface area contributed by atoms with Gasteiger partial charge in [-0.25, -0.2) is 0 Å². The Bertz CT molecular complexity index is 460. The SMILES string of the molecule is Cc1ncccc1C(=O)N1CCC2NCCC2C1. The van der Waals surface area contributed by atoms with Gasteiger partial charge < -0.3 is 10.2 Å². The van der Waals surface area contributed by atoms with E-state index in [-0.39, 0.29) is 5.91 Å². The normalized spacial score (nSPS) is 27.1. The third-order valence-corrected chi connectivity index (χ3v) is 4.18. The van der Waals surface area contributed by atoms with Crippen molar-refractivity contribution in [3.05, 3.63) is 29.6 Å². The van der Waals surface area contributed by atoms with Gasteiger partial charge in [-0.05, 0) is 44.4 Å². The monoisotopic (exact) mass is 245 g/mol. The molecule has 0 radical (unpaired) electrons. The first kappa shape index (κ1) is 11.7. The Morgan fingerprint density at radius 3 is 3.22 bits per heavy atom. The number of carbonyl (C=O) groups excluding carboxylic acids is 1. The number of aryl methyl sites for hydroxylation is 1. The van der Waals surface area contributed by atoms with Crippen LogP contribution >= 0.6 is 0 Å². The van der Waals surface area contributed by atoms with E-state index < -0.39 is 0 Å². The fourth-order valence-corrected chi connectivity index (χ4v) is 3.11. The number of fused-ring (bicyclic) bond motifs is 1. The van der Waals surface area contributed by atoms with Crippen LogP contribution in [0.15, 0.2) is 18.3 Å². The van der Waals surface area contributed by atoms with Gasteiger partial charge in [-0.1, -0.05) is 0 Å². The number of amides is 1. The molecule has 1 aromatic heterocycles. The fourth-order valence-electron chi connectivity index (χ4n) is 3.11. The van der Waals surface area contributed by atoms with Crippen LogP contribution in [0.4, 0.5) is 0 Å². The van der Waals surface area contributed by atoms with Crippen molar-refractivity contribution in [3.8, 4) is 0 Å². The Balaban J connectivity index is 1.75. The van der Waals surface area contributed by atoms with Crippen molar-refractivity contribution >= 4 is 5.91 Å². The van der Waals surface area contributed by atoms with Gasteiger partial charge >= 0.3 is 0 Å². The summed E-state index contributed by atoms with van der Waals surface area (Å²) in [5, 5.41) is 3.52. The Morgan fingerprint density at radius 2 is 2.39 bits per heavy atom. The molecule has 2 aliphatic heterocycles. The standard InChI is InChI=1S/C14H19N3O/c1-10-12(3-2-6-15-10)14(18)17-8-5-13-11(9-17)4-7-16-13/h2-3,6,11,13,16H,4-5,7-9H2,1H3.